The standard InChI is InChI=1S/C30H18N4OS.Pt/c1-3-12-26-24(10-1)25-11-2-4-13-27(25)30(26,28-14-5-6-15-32-28)21-8-7-9-23(16-21)35-29-17-22(18-36-29)34-20-31-19-33-34;/h1-15,18-20H;/q-2;+2. The van der Waals surface area contributed by atoms with Crippen molar-refractivity contribution in [1.82, 2.24) is 19.7 Å². The Morgan fingerprint density at radius 1 is 0.811 bits per heavy atom. The Bertz CT molecular complexity index is 1640. The van der Waals surface area contributed by atoms with Gasteiger partial charge in [0.2, 0.25) is 0 Å². The molecule has 7 heteroatoms. The number of aromatic nitrogens is 4. The molecule has 180 valence electrons. The predicted molar refractivity (Wildman–Crippen MR) is 139 cm³/mol. The van der Waals surface area contributed by atoms with Crippen molar-refractivity contribution >= 4 is 11.3 Å². The minimum absolute atomic E-state index is 0. The fourth-order valence-electron chi connectivity index (χ4n) is 5.12. The van der Waals surface area contributed by atoms with Crippen LogP contribution in [-0.4, -0.2) is 19.7 Å². The third-order valence-corrected chi connectivity index (χ3v) is 7.29. The number of rotatable bonds is 5. The molecule has 0 aliphatic heterocycles. The van der Waals surface area contributed by atoms with E-state index in [0.717, 1.165) is 16.9 Å². The second-order valence-electron chi connectivity index (χ2n) is 8.46. The van der Waals surface area contributed by atoms with E-state index in [1.165, 1.54) is 39.9 Å². The Hall–Kier alpha value is -3.86. The van der Waals surface area contributed by atoms with Gasteiger partial charge in [-0.05, 0) is 34.4 Å². The van der Waals surface area contributed by atoms with Gasteiger partial charge in [-0.15, -0.1) is 23.1 Å². The molecule has 0 amide bonds. The summed E-state index contributed by atoms with van der Waals surface area (Å²) >= 11 is 1.45. The zero-order valence-electron chi connectivity index (χ0n) is 19.3. The van der Waals surface area contributed by atoms with Crippen LogP contribution < -0.4 is 4.74 Å². The molecule has 0 spiro atoms. The van der Waals surface area contributed by atoms with E-state index in [-0.39, 0.29) is 21.1 Å². The van der Waals surface area contributed by atoms with Crippen molar-refractivity contribution in [3.8, 4) is 27.6 Å². The molecule has 3 heterocycles. The van der Waals surface area contributed by atoms with E-state index in [0.29, 0.717) is 10.8 Å². The fraction of sp³-hybridized carbons (Fsp3) is 0.0333. The van der Waals surface area contributed by atoms with Crippen LogP contribution in [0.3, 0.4) is 0 Å². The first-order valence-electron chi connectivity index (χ1n) is 11.5. The summed E-state index contributed by atoms with van der Waals surface area (Å²) in [6.45, 7) is 0. The third kappa shape index (κ3) is 3.76. The second-order valence-corrected chi connectivity index (χ2v) is 9.30. The zero-order chi connectivity index (χ0) is 24.0. The zero-order valence-corrected chi connectivity index (χ0v) is 22.4. The molecule has 0 saturated heterocycles. The third-order valence-electron chi connectivity index (χ3n) is 6.55. The summed E-state index contributed by atoms with van der Waals surface area (Å²) in [5.41, 5.74) is 6.90. The van der Waals surface area contributed by atoms with Crippen molar-refractivity contribution in [2.75, 3.05) is 0 Å². The van der Waals surface area contributed by atoms with Gasteiger partial charge >= 0.3 is 21.1 Å². The molecule has 7 rings (SSSR count). The Morgan fingerprint density at radius 2 is 1.57 bits per heavy atom. The first-order valence-corrected chi connectivity index (χ1v) is 12.4. The van der Waals surface area contributed by atoms with E-state index in [1.54, 1.807) is 11.0 Å². The molecule has 0 saturated carbocycles. The number of thiophene rings is 1. The Kier molecular flexibility index (Phi) is 6.07. The average Bonchev–Trinajstić information content (AvgIpc) is 3.68. The number of hydrogen-bond acceptors (Lipinski definition) is 5. The molecule has 5 nitrogen and oxygen atoms in total. The maximum atomic E-state index is 6.24. The molecule has 0 fully saturated rings. The molecular weight excluding hydrogens is 660 g/mol. The van der Waals surface area contributed by atoms with E-state index in [4.69, 9.17) is 9.72 Å². The number of fused-ring (bicyclic) bond motifs is 3. The van der Waals surface area contributed by atoms with Crippen molar-refractivity contribution in [3.63, 3.8) is 0 Å². The van der Waals surface area contributed by atoms with Crippen LogP contribution in [-0.2, 0) is 26.5 Å². The molecule has 3 aromatic heterocycles. The molecule has 3 aromatic carbocycles. The van der Waals surface area contributed by atoms with E-state index in [1.807, 2.05) is 35.8 Å². The minimum atomic E-state index is -0.612. The van der Waals surface area contributed by atoms with Crippen LogP contribution in [0.15, 0.2) is 109 Å². The number of pyridine rings is 1. The molecule has 0 unspecified atom stereocenters. The van der Waals surface area contributed by atoms with Crippen LogP contribution in [0.2, 0.25) is 0 Å². The van der Waals surface area contributed by atoms with Crippen molar-refractivity contribution in [2.24, 2.45) is 0 Å². The Morgan fingerprint density at radius 3 is 2.27 bits per heavy atom. The summed E-state index contributed by atoms with van der Waals surface area (Å²) in [4.78, 5) is 8.88. The summed E-state index contributed by atoms with van der Waals surface area (Å²) in [6.07, 6.45) is 4.99. The topological polar surface area (TPSA) is 52.8 Å². The van der Waals surface area contributed by atoms with Crippen molar-refractivity contribution in [3.05, 3.63) is 144 Å². The predicted octanol–water partition coefficient (Wildman–Crippen LogP) is 6.48. The van der Waals surface area contributed by atoms with E-state index in [9.17, 15) is 0 Å². The first kappa shape index (κ1) is 23.5. The van der Waals surface area contributed by atoms with Gasteiger partial charge in [-0.2, -0.15) is 23.3 Å². The Balaban J connectivity index is 0.00000252. The van der Waals surface area contributed by atoms with Crippen molar-refractivity contribution in [2.45, 2.75) is 5.41 Å². The van der Waals surface area contributed by atoms with Gasteiger partial charge in [-0.3, -0.25) is 9.67 Å². The van der Waals surface area contributed by atoms with Crippen molar-refractivity contribution in [1.29, 1.82) is 0 Å². The van der Waals surface area contributed by atoms with Gasteiger partial charge in [-0.25, -0.2) is 16.3 Å². The maximum absolute atomic E-state index is 6.24. The molecule has 0 bridgehead atoms. The van der Waals surface area contributed by atoms with Crippen LogP contribution in [0.5, 0.6) is 10.8 Å². The van der Waals surface area contributed by atoms with Gasteiger partial charge in [0.15, 0.2) is 0 Å². The molecule has 0 radical (unpaired) electrons. The number of nitrogens with zero attached hydrogens (tertiary/aromatic N) is 4. The van der Waals surface area contributed by atoms with Crippen LogP contribution >= 0.6 is 11.3 Å². The summed E-state index contributed by atoms with van der Waals surface area (Å²) < 4.78 is 7.90. The molecule has 37 heavy (non-hydrogen) atoms. The molecule has 0 N–H and O–H groups in total. The number of benzene rings is 3. The van der Waals surface area contributed by atoms with Crippen LogP contribution in [0.25, 0.3) is 16.8 Å². The van der Waals surface area contributed by atoms with Gasteiger partial charge in [-0.1, -0.05) is 60.3 Å². The number of hydrogen-bond donors (Lipinski definition) is 0. The SMILES string of the molecule is [Pt+2].[c-]1c(Oc2[c-]c(-n3cncn3)cs2)cccc1C1(c2ccccn2)c2ccccc2-c2ccccc21. The molecule has 6 aromatic rings. The fourth-order valence-corrected chi connectivity index (χ4v) is 5.80. The second kappa shape index (κ2) is 9.54. The number of ether oxygens (including phenoxy) is 1. The Labute approximate surface area is 232 Å². The molecule has 0 atom stereocenters. The van der Waals surface area contributed by atoms with Gasteiger partial charge in [0.25, 0.3) is 0 Å². The normalized spacial score (nSPS) is 12.9. The summed E-state index contributed by atoms with van der Waals surface area (Å²) in [5, 5.41) is 6.74. The van der Waals surface area contributed by atoms with Gasteiger partial charge < -0.3 is 4.74 Å². The van der Waals surface area contributed by atoms with E-state index < -0.39 is 5.41 Å². The minimum Gasteiger partial charge on any atom is -0.494 e. The molecule has 1 aliphatic carbocycles. The first-order chi connectivity index (χ1) is 17.8. The van der Waals surface area contributed by atoms with Gasteiger partial charge in [0.05, 0.1) is 16.2 Å². The summed E-state index contributed by atoms with van der Waals surface area (Å²) in [6, 6.07) is 36.1. The van der Waals surface area contributed by atoms with Gasteiger partial charge in [0.1, 0.15) is 12.7 Å². The van der Waals surface area contributed by atoms with Crippen LogP contribution in [0, 0.1) is 12.1 Å². The van der Waals surface area contributed by atoms with Gasteiger partial charge in [0, 0.05) is 11.9 Å². The van der Waals surface area contributed by atoms with E-state index >= 15 is 0 Å². The maximum Gasteiger partial charge on any atom is 2.00 e. The molecular formula is C30H18N4OPtS. The monoisotopic (exact) mass is 677 g/mol. The quantitative estimate of drug-likeness (QED) is 0.196. The molecule has 1 aliphatic rings. The van der Waals surface area contributed by atoms with Crippen LogP contribution in [0.4, 0.5) is 0 Å². The van der Waals surface area contributed by atoms with Crippen molar-refractivity contribution < 1.29 is 25.8 Å². The average molecular weight is 678 g/mol. The largest absolute Gasteiger partial charge is 2.00 e. The summed E-state index contributed by atoms with van der Waals surface area (Å²) in [7, 11) is 0. The van der Waals surface area contributed by atoms with E-state index in [2.05, 4.69) is 82.9 Å². The smallest absolute Gasteiger partial charge is 0.494 e. The van der Waals surface area contributed by atoms with Crippen LogP contribution in [0.1, 0.15) is 22.4 Å². The summed E-state index contributed by atoms with van der Waals surface area (Å²) in [5.74, 6) is 0.618.